The Morgan fingerprint density at radius 2 is 1.61 bits per heavy atom. The monoisotopic (exact) mass is 539 g/mol. The predicted octanol–water partition coefficient (Wildman–Crippen LogP) is 5.94. The molecule has 1 N–H and O–H groups in total. The van der Waals surface area contributed by atoms with E-state index in [1.165, 1.54) is 31.2 Å². The maximum absolute atomic E-state index is 13.7. The first-order valence-electron chi connectivity index (χ1n) is 14.2. The number of hydrogen-bond donors (Lipinski definition) is 1. The molecule has 2 amide bonds. The van der Waals surface area contributed by atoms with Gasteiger partial charge in [0, 0.05) is 26.2 Å². The highest BCUT2D eigenvalue weighted by atomic mass is 35.5. The average Bonchev–Trinajstić information content (AvgIpc) is 3.43. The third kappa shape index (κ3) is 6.35. The van der Waals surface area contributed by atoms with Gasteiger partial charge in [-0.2, -0.15) is 0 Å². The Morgan fingerprint density at radius 1 is 0.947 bits per heavy atom. The van der Waals surface area contributed by atoms with Gasteiger partial charge >= 0.3 is 0 Å². The lowest BCUT2D eigenvalue weighted by Crippen LogP contribution is -2.73. The van der Waals surface area contributed by atoms with Gasteiger partial charge in [0.25, 0.3) is 0 Å². The molecule has 0 bridgehead atoms. The van der Waals surface area contributed by atoms with Gasteiger partial charge in [0.2, 0.25) is 11.8 Å². The van der Waals surface area contributed by atoms with Crippen molar-refractivity contribution in [3.05, 3.63) is 60.2 Å². The molecule has 5 rings (SSSR count). The van der Waals surface area contributed by atoms with Crippen LogP contribution < -0.4 is 10.1 Å². The van der Waals surface area contributed by atoms with E-state index in [4.69, 9.17) is 4.74 Å². The lowest BCUT2D eigenvalue weighted by atomic mass is 9.80. The zero-order valence-electron chi connectivity index (χ0n) is 22.6. The molecule has 6 nitrogen and oxygen atoms in total. The molecule has 206 valence electrons. The number of hydrogen-bond acceptors (Lipinski definition) is 4. The molecule has 38 heavy (non-hydrogen) atoms. The van der Waals surface area contributed by atoms with Crippen LogP contribution in [0.25, 0.3) is 0 Å². The topological polar surface area (TPSA) is 61.9 Å². The minimum Gasteiger partial charge on any atom is -0.457 e. The molecule has 1 unspecified atom stereocenters. The molecule has 0 radical (unpaired) electrons. The van der Waals surface area contributed by atoms with Gasteiger partial charge in [-0.25, -0.2) is 0 Å². The lowest BCUT2D eigenvalue weighted by Gasteiger charge is -2.52. The van der Waals surface area contributed by atoms with E-state index in [1.54, 1.807) is 0 Å². The van der Waals surface area contributed by atoms with Crippen molar-refractivity contribution in [2.24, 2.45) is 5.92 Å². The molecule has 2 saturated heterocycles. The first kappa shape index (κ1) is 28.4. The lowest BCUT2D eigenvalue weighted by molar-refractivity contribution is -0.162. The van der Waals surface area contributed by atoms with Crippen LogP contribution in [0, 0.1) is 5.92 Å². The van der Waals surface area contributed by atoms with Gasteiger partial charge in [0.1, 0.15) is 23.1 Å². The molecule has 1 spiro atoms. The molecule has 0 aromatic heterocycles. The summed E-state index contributed by atoms with van der Waals surface area (Å²) in [4.78, 5) is 31.6. The summed E-state index contributed by atoms with van der Waals surface area (Å²) in [6.45, 7) is 5.27. The number of likely N-dealkylation sites (tertiary alicyclic amines) is 1. The summed E-state index contributed by atoms with van der Waals surface area (Å²) < 4.78 is 5.92. The van der Waals surface area contributed by atoms with Crippen LogP contribution in [0.3, 0.4) is 0 Å². The number of piperidine rings is 1. The molecular formula is C31H42ClN3O3. The molecule has 7 heteroatoms. The van der Waals surface area contributed by atoms with Gasteiger partial charge in [-0.15, -0.1) is 12.4 Å². The highest BCUT2D eigenvalue weighted by Gasteiger charge is 2.53. The summed E-state index contributed by atoms with van der Waals surface area (Å²) in [5.74, 6) is 2.46. The minimum absolute atomic E-state index is 0. The van der Waals surface area contributed by atoms with Gasteiger partial charge in [-0.1, -0.05) is 69.4 Å². The van der Waals surface area contributed by atoms with Crippen LogP contribution >= 0.6 is 12.4 Å². The number of carbonyl (C=O) groups is 2. The number of piperazine rings is 1. The Bertz CT molecular complexity index is 1050. The molecule has 1 atom stereocenters. The van der Waals surface area contributed by atoms with E-state index in [0.29, 0.717) is 25.3 Å². The van der Waals surface area contributed by atoms with Crippen LogP contribution in [0.1, 0.15) is 70.3 Å². The molecular weight excluding hydrogens is 498 g/mol. The fraction of sp³-hybridized carbons (Fsp3) is 0.548. The number of rotatable bonds is 9. The van der Waals surface area contributed by atoms with Crippen LogP contribution in [-0.2, 0) is 16.1 Å². The van der Waals surface area contributed by atoms with E-state index < -0.39 is 5.54 Å². The number of benzene rings is 2. The second kappa shape index (κ2) is 13.0. The van der Waals surface area contributed by atoms with Crippen molar-refractivity contribution in [3.8, 4) is 11.5 Å². The summed E-state index contributed by atoms with van der Waals surface area (Å²) in [7, 11) is 0. The fourth-order valence-corrected chi connectivity index (χ4v) is 6.38. The Balaban J connectivity index is 0.00000336. The third-order valence-electron chi connectivity index (χ3n) is 8.58. The Labute approximate surface area is 233 Å². The maximum atomic E-state index is 13.7. The van der Waals surface area contributed by atoms with Crippen molar-refractivity contribution >= 4 is 24.2 Å². The Kier molecular flexibility index (Phi) is 9.72. The summed E-state index contributed by atoms with van der Waals surface area (Å²) in [5, 5.41) is 3.19. The standard InChI is InChI=1S/C31H41N3O3.ClH/c1-2-3-19-34-29(35)28(22-24-9-7-8-10-24)32-30(36)31(34)17-20-33(21-18-31)23-25-13-15-27(16-14-25)37-26-11-5-4-6-12-26;/h4-6,11-16,24,28H,2-3,7-10,17-23H2,1H3,(H,32,36);1H. The summed E-state index contributed by atoms with van der Waals surface area (Å²) in [6, 6.07) is 17.7. The van der Waals surface area contributed by atoms with Gasteiger partial charge in [-0.05, 0) is 61.4 Å². The minimum atomic E-state index is -0.692. The second-order valence-corrected chi connectivity index (χ2v) is 11.1. The number of para-hydroxylation sites is 1. The van der Waals surface area contributed by atoms with E-state index in [1.807, 2.05) is 47.4 Å². The van der Waals surface area contributed by atoms with Crippen LogP contribution in [0.15, 0.2) is 54.6 Å². The summed E-state index contributed by atoms with van der Waals surface area (Å²) in [6.07, 6.45) is 9.03. The molecule has 2 aromatic carbocycles. The largest absolute Gasteiger partial charge is 0.457 e. The maximum Gasteiger partial charge on any atom is 0.246 e. The van der Waals surface area contributed by atoms with Crippen molar-refractivity contribution in [2.75, 3.05) is 19.6 Å². The van der Waals surface area contributed by atoms with Crippen LogP contribution in [-0.4, -0.2) is 52.8 Å². The number of nitrogens with zero attached hydrogens (tertiary/aromatic N) is 2. The molecule has 2 heterocycles. The quantitative estimate of drug-likeness (QED) is 0.428. The van der Waals surface area contributed by atoms with Gasteiger partial charge < -0.3 is 15.0 Å². The predicted molar refractivity (Wildman–Crippen MR) is 153 cm³/mol. The fourth-order valence-electron chi connectivity index (χ4n) is 6.38. The zero-order chi connectivity index (χ0) is 25.7. The van der Waals surface area contributed by atoms with Gasteiger partial charge in [-0.3, -0.25) is 14.5 Å². The van der Waals surface area contributed by atoms with E-state index in [0.717, 1.165) is 50.4 Å². The third-order valence-corrected chi connectivity index (χ3v) is 8.58. The van der Waals surface area contributed by atoms with Crippen molar-refractivity contribution in [1.29, 1.82) is 0 Å². The van der Waals surface area contributed by atoms with Gasteiger partial charge in [0.05, 0.1) is 0 Å². The molecule has 3 aliphatic rings. The SMILES string of the molecule is CCCCN1C(=O)C(CC2CCCC2)NC(=O)C12CCN(Cc1ccc(Oc3ccccc3)cc1)CC2.Cl. The molecule has 1 aliphatic carbocycles. The summed E-state index contributed by atoms with van der Waals surface area (Å²) in [5.41, 5.74) is 0.530. The van der Waals surface area contributed by atoms with E-state index in [-0.39, 0.29) is 30.3 Å². The van der Waals surface area contributed by atoms with Crippen molar-refractivity contribution < 1.29 is 14.3 Å². The first-order valence-corrected chi connectivity index (χ1v) is 14.2. The Morgan fingerprint density at radius 3 is 2.26 bits per heavy atom. The van der Waals surface area contributed by atoms with Crippen molar-refractivity contribution in [3.63, 3.8) is 0 Å². The molecule has 1 saturated carbocycles. The van der Waals surface area contributed by atoms with Crippen molar-refractivity contribution in [1.82, 2.24) is 15.1 Å². The van der Waals surface area contributed by atoms with Crippen molar-refractivity contribution in [2.45, 2.75) is 82.8 Å². The number of unbranched alkanes of at least 4 members (excludes halogenated alkanes) is 1. The van der Waals surface area contributed by atoms with E-state index >= 15 is 0 Å². The number of ether oxygens (including phenoxy) is 1. The van der Waals surface area contributed by atoms with Crippen LogP contribution in [0.5, 0.6) is 11.5 Å². The zero-order valence-corrected chi connectivity index (χ0v) is 23.4. The normalized spacial score (nSPS) is 21.8. The van der Waals surface area contributed by atoms with E-state index in [9.17, 15) is 9.59 Å². The van der Waals surface area contributed by atoms with Crippen LogP contribution in [0.4, 0.5) is 0 Å². The number of nitrogens with one attached hydrogen (secondary N) is 1. The van der Waals surface area contributed by atoms with E-state index in [2.05, 4.69) is 29.3 Å². The smallest absolute Gasteiger partial charge is 0.246 e. The summed E-state index contributed by atoms with van der Waals surface area (Å²) >= 11 is 0. The first-order chi connectivity index (χ1) is 18.1. The Hall–Kier alpha value is -2.57. The second-order valence-electron chi connectivity index (χ2n) is 11.1. The average molecular weight is 540 g/mol. The molecule has 2 aromatic rings. The van der Waals surface area contributed by atoms with Crippen LogP contribution in [0.2, 0.25) is 0 Å². The number of carbonyl (C=O) groups excluding carboxylic acids is 2. The number of halogens is 1. The highest BCUT2D eigenvalue weighted by molar-refractivity contribution is 6.00. The molecule has 3 fully saturated rings. The highest BCUT2D eigenvalue weighted by Crippen LogP contribution is 2.36. The van der Waals surface area contributed by atoms with Gasteiger partial charge in [0.15, 0.2) is 0 Å². The number of amides is 2. The molecule has 2 aliphatic heterocycles.